The van der Waals surface area contributed by atoms with Crippen molar-refractivity contribution in [3.63, 3.8) is 0 Å². The van der Waals surface area contributed by atoms with Crippen LogP contribution in [0.5, 0.6) is 0 Å². The third-order valence-electron chi connectivity index (χ3n) is 19.8. The molecule has 101 heavy (non-hydrogen) atoms. The molecule has 0 aliphatic heterocycles. The van der Waals surface area contributed by atoms with E-state index in [0.29, 0.717) is 34.9 Å². The number of nitrogens with zero attached hydrogens (tertiary/aromatic N) is 8. The highest BCUT2D eigenvalue weighted by molar-refractivity contribution is 7.25. The van der Waals surface area contributed by atoms with E-state index in [2.05, 4.69) is 343 Å². The maximum Gasteiger partial charge on any atom is 0.164 e. The molecule has 15 aromatic carbocycles. The van der Waals surface area contributed by atoms with E-state index in [1.165, 1.54) is 63.3 Å². The van der Waals surface area contributed by atoms with E-state index in [4.69, 9.17) is 29.9 Å². The summed E-state index contributed by atoms with van der Waals surface area (Å²) in [6, 6.07) is 121. The number of hydrogen-bond acceptors (Lipinski definition) is 7. The second-order valence-corrected chi connectivity index (χ2v) is 26.9. The zero-order chi connectivity index (χ0) is 66.5. The molecule has 9 heteroatoms. The Bertz CT molecular complexity index is 6690. The molecule has 5 aromatic heterocycles. The lowest BCUT2D eigenvalue weighted by atomic mass is 9.91. The topological polar surface area (TPSA) is 87.2 Å². The van der Waals surface area contributed by atoms with Gasteiger partial charge in [-0.3, -0.25) is 0 Å². The maximum absolute atomic E-state index is 5.43. The Hall–Kier alpha value is -13.3. The third-order valence-corrected chi connectivity index (χ3v) is 21.0. The minimum absolute atomic E-state index is 0.561. The predicted molar refractivity (Wildman–Crippen MR) is 419 cm³/mol. The molecule has 0 N–H and O–H groups in total. The Morgan fingerprint density at radius 1 is 0.188 bits per heavy atom. The molecule has 0 aliphatic rings. The Morgan fingerprint density at radius 3 is 1.12 bits per heavy atom. The maximum atomic E-state index is 5.43. The van der Waals surface area contributed by atoms with Crippen LogP contribution in [0.2, 0.25) is 0 Å². The zero-order valence-corrected chi connectivity index (χ0v) is 55.1. The Morgan fingerprint density at radius 2 is 0.554 bits per heavy atom. The molecule has 8 nitrogen and oxygen atoms in total. The summed E-state index contributed by atoms with van der Waals surface area (Å²) in [7, 11) is 0. The van der Waals surface area contributed by atoms with Crippen LogP contribution in [0.1, 0.15) is 0 Å². The van der Waals surface area contributed by atoms with Crippen molar-refractivity contribution < 1.29 is 0 Å². The van der Waals surface area contributed by atoms with Crippen molar-refractivity contribution in [2.45, 2.75) is 0 Å². The summed E-state index contributed by atoms with van der Waals surface area (Å²) in [5.41, 5.74) is 18.2. The van der Waals surface area contributed by atoms with Gasteiger partial charge in [0.05, 0.1) is 22.1 Å². The van der Waals surface area contributed by atoms with Gasteiger partial charge in [0.1, 0.15) is 0 Å². The van der Waals surface area contributed by atoms with Crippen LogP contribution >= 0.6 is 11.3 Å². The van der Waals surface area contributed by atoms with E-state index in [0.717, 1.165) is 100 Å². The number of aromatic nitrogens is 8. The van der Waals surface area contributed by atoms with E-state index >= 15 is 0 Å². The summed E-state index contributed by atoms with van der Waals surface area (Å²) in [6.45, 7) is 0. The molecule has 0 saturated carbocycles. The van der Waals surface area contributed by atoms with Crippen LogP contribution < -0.4 is 0 Å². The number of para-hydroxylation sites is 2. The molecule has 0 saturated heterocycles. The van der Waals surface area contributed by atoms with E-state index in [1.54, 1.807) is 11.3 Å². The monoisotopic (exact) mass is 1300 g/mol. The standard InChI is InChI=1S/C92H56N8S/c1-2-19-57(20-3-1)58-37-39-59(40-38-58)88-93-89(61-43-48-70(49-44-61)100-82-35-16-13-31-75(82)80-53-63-22-5-7-24-65(63)55-84(80)100)98-92(97-88)78-33-11-10-29-73(78)72-28-9-8-27-71(72)66-25-18-26-67(51-66)90-94-87(95-91(96-90)68-45-50-77-76-32-14-17-36-85(76)101-86(77)56-68)60-41-46-69(47-42-60)99-81-34-15-12-30-74(81)79-52-62-21-4-6-23-64(62)54-83(79)99/h1-56H. The van der Waals surface area contributed by atoms with Crippen molar-refractivity contribution in [3.05, 3.63) is 340 Å². The number of thiophene rings is 1. The lowest BCUT2D eigenvalue weighted by Gasteiger charge is -2.16. The van der Waals surface area contributed by atoms with Crippen molar-refractivity contribution in [2.24, 2.45) is 0 Å². The Kier molecular flexibility index (Phi) is 13.6. The molecule has 0 radical (unpaired) electrons. The fourth-order valence-corrected chi connectivity index (χ4v) is 16.1. The average molecular weight is 1310 g/mol. The fraction of sp³-hybridized carbons (Fsp3) is 0. The zero-order valence-electron chi connectivity index (χ0n) is 54.3. The van der Waals surface area contributed by atoms with Crippen LogP contribution in [0.3, 0.4) is 0 Å². The summed E-state index contributed by atoms with van der Waals surface area (Å²) in [4.78, 5) is 32.2. The van der Waals surface area contributed by atoms with E-state index in [-0.39, 0.29) is 0 Å². The molecule has 0 spiro atoms. The first-order valence-electron chi connectivity index (χ1n) is 34.0. The van der Waals surface area contributed by atoms with Gasteiger partial charge in [0.2, 0.25) is 0 Å². The van der Waals surface area contributed by atoms with Crippen LogP contribution in [0.25, 0.3) is 198 Å². The van der Waals surface area contributed by atoms with Gasteiger partial charge in [-0.2, -0.15) is 0 Å². The van der Waals surface area contributed by atoms with Crippen molar-refractivity contribution in [1.82, 2.24) is 39.0 Å². The molecule has 5 heterocycles. The predicted octanol–water partition coefficient (Wildman–Crippen LogP) is 23.9. The number of rotatable bonds is 11. The smallest absolute Gasteiger partial charge is 0.164 e. The number of fused-ring (bicyclic) bond motifs is 11. The first-order chi connectivity index (χ1) is 50.0. The van der Waals surface area contributed by atoms with Gasteiger partial charge in [0.25, 0.3) is 0 Å². The fourth-order valence-electron chi connectivity index (χ4n) is 14.9. The van der Waals surface area contributed by atoms with Crippen molar-refractivity contribution in [1.29, 1.82) is 0 Å². The summed E-state index contributed by atoms with van der Waals surface area (Å²) in [6.07, 6.45) is 0. The summed E-state index contributed by atoms with van der Waals surface area (Å²) in [5, 5.41) is 12.2. The highest BCUT2D eigenvalue weighted by atomic mass is 32.1. The average Bonchev–Trinajstić information content (AvgIpc) is 1.61. The second kappa shape index (κ2) is 23.7. The first kappa shape index (κ1) is 57.9. The molecule has 470 valence electrons. The quantitative estimate of drug-likeness (QED) is 0.128. The van der Waals surface area contributed by atoms with Gasteiger partial charge in [-0.1, -0.05) is 237 Å². The third kappa shape index (κ3) is 10.0. The molecule has 0 fully saturated rings. The Labute approximate surface area is 584 Å². The number of benzene rings is 15. The minimum Gasteiger partial charge on any atom is -0.309 e. The number of hydrogen-bond donors (Lipinski definition) is 0. The molecule has 0 unspecified atom stereocenters. The van der Waals surface area contributed by atoms with Crippen LogP contribution in [0, 0.1) is 0 Å². The molecule has 20 rings (SSSR count). The molecule has 0 bridgehead atoms. The van der Waals surface area contributed by atoms with Crippen LogP contribution in [0.4, 0.5) is 0 Å². The van der Waals surface area contributed by atoms with Crippen LogP contribution in [0.15, 0.2) is 340 Å². The van der Waals surface area contributed by atoms with E-state index < -0.39 is 0 Å². The van der Waals surface area contributed by atoms with E-state index in [1.807, 2.05) is 6.07 Å². The van der Waals surface area contributed by atoms with Crippen LogP contribution in [-0.4, -0.2) is 39.0 Å². The lowest BCUT2D eigenvalue weighted by molar-refractivity contribution is 1.07. The van der Waals surface area contributed by atoms with Crippen LogP contribution in [-0.2, 0) is 0 Å². The SMILES string of the molecule is c1ccc(-c2ccc(-c3nc(-c4ccc(-n5c6ccccc6c6cc7ccccc7cc65)cc4)nc(-c4ccccc4-c4ccccc4-c4cccc(-c5nc(-c6ccc(-n7c8ccccc8c8cc9ccccc9cc87)cc6)nc(-c6ccc7c(c6)sc6ccccc67)n5)c4)n3)cc2)cc1. The highest BCUT2D eigenvalue weighted by Crippen LogP contribution is 2.43. The van der Waals surface area contributed by atoms with Gasteiger partial charge in [-0.25, -0.2) is 29.9 Å². The molecule has 20 aromatic rings. The van der Waals surface area contributed by atoms with Gasteiger partial charge in [0, 0.05) is 86.5 Å². The van der Waals surface area contributed by atoms with Crippen molar-refractivity contribution >= 4 is 96.7 Å². The molecular weight excluding hydrogens is 1250 g/mol. The second-order valence-electron chi connectivity index (χ2n) is 25.8. The molecule has 0 aliphatic carbocycles. The molecular formula is C92H56N8S. The summed E-state index contributed by atoms with van der Waals surface area (Å²) >= 11 is 1.79. The van der Waals surface area contributed by atoms with Gasteiger partial charge < -0.3 is 9.13 Å². The Balaban J connectivity index is 0.695. The highest BCUT2D eigenvalue weighted by Gasteiger charge is 2.22. The normalized spacial score (nSPS) is 11.8. The summed E-state index contributed by atoms with van der Waals surface area (Å²) < 4.78 is 7.15. The molecule has 0 amide bonds. The van der Waals surface area contributed by atoms with Crippen molar-refractivity contribution in [3.8, 4) is 113 Å². The summed E-state index contributed by atoms with van der Waals surface area (Å²) in [5.74, 6) is 3.45. The minimum atomic E-state index is 0.561. The van der Waals surface area contributed by atoms with E-state index in [9.17, 15) is 0 Å². The molecule has 0 atom stereocenters. The van der Waals surface area contributed by atoms with Gasteiger partial charge in [-0.05, 0) is 158 Å². The van der Waals surface area contributed by atoms with Crippen molar-refractivity contribution in [2.75, 3.05) is 0 Å². The largest absolute Gasteiger partial charge is 0.309 e. The van der Waals surface area contributed by atoms with Gasteiger partial charge >= 0.3 is 0 Å². The van der Waals surface area contributed by atoms with Gasteiger partial charge in [-0.15, -0.1) is 11.3 Å². The lowest BCUT2D eigenvalue weighted by Crippen LogP contribution is -2.02. The van der Waals surface area contributed by atoms with Gasteiger partial charge in [0.15, 0.2) is 34.9 Å². The first-order valence-corrected chi connectivity index (χ1v) is 34.8.